The Morgan fingerprint density at radius 2 is 2.28 bits per heavy atom. The van der Waals surface area contributed by atoms with E-state index in [1.54, 1.807) is 18.2 Å². The Morgan fingerprint density at radius 1 is 1.44 bits per heavy atom. The van der Waals surface area contributed by atoms with E-state index in [4.69, 9.17) is 22.1 Å². The number of nitrogens with zero attached hydrogens (tertiary/aromatic N) is 3. The number of aromatic nitrogens is 3. The van der Waals surface area contributed by atoms with Crippen LogP contribution in [-0.2, 0) is 13.2 Å². The van der Waals surface area contributed by atoms with E-state index in [1.807, 2.05) is 4.68 Å². The molecule has 0 amide bonds. The Hall–Kier alpha value is -1.75. The van der Waals surface area contributed by atoms with Crippen molar-refractivity contribution in [1.82, 2.24) is 14.8 Å². The number of ether oxygens (including phenoxy) is 1. The number of aryl methyl sites for hydroxylation is 1. The molecular weight excluding hydrogens is 252 g/mol. The first kappa shape index (κ1) is 12.7. The second kappa shape index (κ2) is 5.73. The van der Waals surface area contributed by atoms with E-state index in [2.05, 4.69) is 17.0 Å². The van der Waals surface area contributed by atoms with Gasteiger partial charge in [0.05, 0.1) is 10.7 Å². The Bertz CT molecular complexity index is 506. The summed E-state index contributed by atoms with van der Waals surface area (Å²) in [7, 11) is 0. The summed E-state index contributed by atoms with van der Waals surface area (Å²) in [5.74, 6) is 1.25. The second-order valence-electron chi connectivity index (χ2n) is 3.85. The predicted molar refractivity (Wildman–Crippen MR) is 70.5 cm³/mol. The average Bonchev–Trinajstić information content (AvgIpc) is 2.77. The van der Waals surface area contributed by atoms with Gasteiger partial charge in [-0.1, -0.05) is 24.6 Å². The minimum Gasteiger partial charge on any atom is -0.482 e. The first-order valence-corrected chi connectivity index (χ1v) is 6.13. The van der Waals surface area contributed by atoms with Crippen LogP contribution in [0.4, 0.5) is 5.69 Å². The van der Waals surface area contributed by atoms with Crippen molar-refractivity contribution in [3.05, 3.63) is 35.4 Å². The fourth-order valence-electron chi connectivity index (χ4n) is 1.61. The van der Waals surface area contributed by atoms with Crippen molar-refractivity contribution >= 4 is 17.3 Å². The van der Waals surface area contributed by atoms with Gasteiger partial charge in [-0.2, -0.15) is 5.10 Å². The lowest BCUT2D eigenvalue weighted by atomic mass is 10.3. The highest BCUT2D eigenvalue weighted by Crippen LogP contribution is 2.30. The molecule has 2 aromatic rings. The molecule has 96 valence electrons. The van der Waals surface area contributed by atoms with E-state index in [9.17, 15) is 0 Å². The maximum atomic E-state index is 6.02. The first-order valence-electron chi connectivity index (χ1n) is 5.75. The van der Waals surface area contributed by atoms with Crippen LogP contribution < -0.4 is 10.5 Å². The fourth-order valence-corrected chi connectivity index (χ4v) is 1.85. The van der Waals surface area contributed by atoms with Gasteiger partial charge in [0.2, 0.25) is 0 Å². The number of hydrogen-bond donors (Lipinski definition) is 1. The van der Waals surface area contributed by atoms with Crippen molar-refractivity contribution in [2.24, 2.45) is 0 Å². The number of rotatable bonds is 5. The molecule has 2 N–H and O–H groups in total. The van der Waals surface area contributed by atoms with Crippen molar-refractivity contribution in [3.8, 4) is 5.75 Å². The molecule has 0 radical (unpaired) electrons. The lowest BCUT2D eigenvalue weighted by Gasteiger charge is -2.10. The number of hydrogen-bond acceptors (Lipinski definition) is 4. The molecule has 0 spiro atoms. The number of halogens is 1. The quantitative estimate of drug-likeness (QED) is 0.845. The van der Waals surface area contributed by atoms with Crippen molar-refractivity contribution in [2.75, 3.05) is 5.73 Å². The van der Waals surface area contributed by atoms with Gasteiger partial charge in [0, 0.05) is 6.54 Å². The predicted octanol–water partition coefficient (Wildman–Crippen LogP) is 2.50. The van der Waals surface area contributed by atoms with Crippen LogP contribution in [0.2, 0.25) is 5.02 Å². The molecule has 5 nitrogen and oxygen atoms in total. The standard InChI is InChI=1S/C12H15ClN4O/c1-2-6-17-11(15-8-16-17)7-18-12-9(13)4-3-5-10(12)14/h3-5,8H,2,6-7,14H2,1H3. The van der Waals surface area contributed by atoms with E-state index < -0.39 is 0 Å². The van der Waals surface area contributed by atoms with Crippen molar-refractivity contribution in [2.45, 2.75) is 26.5 Å². The minimum absolute atomic E-state index is 0.300. The Morgan fingerprint density at radius 3 is 3.00 bits per heavy atom. The highest BCUT2D eigenvalue weighted by molar-refractivity contribution is 6.32. The SMILES string of the molecule is CCCn1ncnc1COc1c(N)cccc1Cl. The highest BCUT2D eigenvalue weighted by atomic mass is 35.5. The molecule has 1 aromatic carbocycles. The third kappa shape index (κ3) is 2.73. The largest absolute Gasteiger partial charge is 0.482 e. The average molecular weight is 267 g/mol. The monoisotopic (exact) mass is 266 g/mol. The number of nitrogen functional groups attached to an aromatic ring is 1. The van der Waals surface area contributed by atoms with Crippen LogP contribution in [0.25, 0.3) is 0 Å². The van der Waals surface area contributed by atoms with E-state index in [1.165, 1.54) is 6.33 Å². The maximum Gasteiger partial charge on any atom is 0.164 e. The molecule has 0 atom stereocenters. The van der Waals surface area contributed by atoms with Gasteiger partial charge < -0.3 is 10.5 Å². The molecule has 0 aliphatic carbocycles. The number of nitrogens with two attached hydrogens (primary N) is 1. The Labute approximate surface area is 111 Å². The van der Waals surface area contributed by atoms with Crippen LogP contribution in [0.15, 0.2) is 24.5 Å². The van der Waals surface area contributed by atoms with Crippen LogP contribution >= 0.6 is 11.6 Å². The Kier molecular flexibility index (Phi) is 4.04. The van der Waals surface area contributed by atoms with E-state index in [0.717, 1.165) is 18.8 Å². The second-order valence-corrected chi connectivity index (χ2v) is 4.25. The van der Waals surface area contributed by atoms with Gasteiger partial charge >= 0.3 is 0 Å². The molecular formula is C12H15ClN4O. The first-order chi connectivity index (χ1) is 8.72. The summed E-state index contributed by atoms with van der Waals surface area (Å²) < 4.78 is 7.43. The summed E-state index contributed by atoms with van der Waals surface area (Å²) in [6.07, 6.45) is 2.51. The third-order valence-corrected chi connectivity index (χ3v) is 2.77. The maximum absolute atomic E-state index is 6.02. The zero-order chi connectivity index (χ0) is 13.0. The fraction of sp³-hybridized carbons (Fsp3) is 0.333. The molecule has 0 aliphatic heterocycles. The third-order valence-electron chi connectivity index (χ3n) is 2.47. The highest BCUT2D eigenvalue weighted by Gasteiger charge is 2.09. The molecule has 0 bridgehead atoms. The molecule has 0 unspecified atom stereocenters. The minimum atomic E-state index is 0.300. The normalized spacial score (nSPS) is 10.6. The number of para-hydroxylation sites is 1. The molecule has 0 saturated heterocycles. The molecule has 1 heterocycles. The summed E-state index contributed by atoms with van der Waals surface area (Å²) in [4.78, 5) is 4.15. The van der Waals surface area contributed by atoms with Gasteiger partial charge in [-0.3, -0.25) is 0 Å². The topological polar surface area (TPSA) is 66.0 Å². The molecule has 18 heavy (non-hydrogen) atoms. The zero-order valence-electron chi connectivity index (χ0n) is 10.1. The van der Waals surface area contributed by atoms with E-state index in [0.29, 0.717) is 23.1 Å². The molecule has 1 aromatic heterocycles. The van der Waals surface area contributed by atoms with Crippen LogP contribution in [0.3, 0.4) is 0 Å². The van der Waals surface area contributed by atoms with E-state index >= 15 is 0 Å². The summed E-state index contributed by atoms with van der Waals surface area (Å²) in [6, 6.07) is 5.27. The summed E-state index contributed by atoms with van der Waals surface area (Å²) in [5, 5.41) is 4.62. The molecule has 2 rings (SSSR count). The summed E-state index contributed by atoms with van der Waals surface area (Å²) in [6.45, 7) is 3.20. The summed E-state index contributed by atoms with van der Waals surface area (Å²) in [5.41, 5.74) is 6.32. The van der Waals surface area contributed by atoms with Crippen LogP contribution in [0.5, 0.6) is 5.75 Å². The van der Waals surface area contributed by atoms with Gasteiger partial charge in [-0.05, 0) is 18.6 Å². The van der Waals surface area contributed by atoms with Gasteiger partial charge in [-0.25, -0.2) is 9.67 Å². The van der Waals surface area contributed by atoms with Crippen molar-refractivity contribution in [1.29, 1.82) is 0 Å². The van der Waals surface area contributed by atoms with E-state index in [-0.39, 0.29) is 0 Å². The van der Waals surface area contributed by atoms with Gasteiger partial charge in [0.25, 0.3) is 0 Å². The Balaban J connectivity index is 2.09. The van der Waals surface area contributed by atoms with Crippen LogP contribution in [0, 0.1) is 0 Å². The van der Waals surface area contributed by atoms with Crippen molar-refractivity contribution < 1.29 is 4.74 Å². The molecule has 6 heteroatoms. The lowest BCUT2D eigenvalue weighted by Crippen LogP contribution is -2.09. The lowest BCUT2D eigenvalue weighted by molar-refractivity contribution is 0.288. The number of benzene rings is 1. The molecule has 0 saturated carbocycles. The van der Waals surface area contributed by atoms with Gasteiger partial charge in [0.15, 0.2) is 11.6 Å². The molecule has 0 aliphatic rings. The van der Waals surface area contributed by atoms with Gasteiger partial charge in [0.1, 0.15) is 12.9 Å². The smallest absolute Gasteiger partial charge is 0.164 e. The van der Waals surface area contributed by atoms with Crippen LogP contribution in [-0.4, -0.2) is 14.8 Å². The molecule has 0 fully saturated rings. The van der Waals surface area contributed by atoms with Gasteiger partial charge in [-0.15, -0.1) is 0 Å². The summed E-state index contributed by atoms with van der Waals surface area (Å²) >= 11 is 6.02. The number of anilines is 1. The van der Waals surface area contributed by atoms with Crippen LogP contribution in [0.1, 0.15) is 19.2 Å². The zero-order valence-corrected chi connectivity index (χ0v) is 10.9. The van der Waals surface area contributed by atoms with Crippen molar-refractivity contribution in [3.63, 3.8) is 0 Å².